The molecule has 0 amide bonds. The lowest BCUT2D eigenvalue weighted by Crippen LogP contribution is -2.42. The molecule has 2 N–H and O–H groups in total. The lowest BCUT2D eigenvalue weighted by Gasteiger charge is -2.25. The lowest BCUT2D eigenvalue weighted by atomic mass is 9.86. The summed E-state index contributed by atoms with van der Waals surface area (Å²) in [6.45, 7) is 1.57. The van der Waals surface area contributed by atoms with Gasteiger partial charge in [-0.05, 0) is 40.8 Å². The van der Waals surface area contributed by atoms with Gasteiger partial charge in [0.25, 0.3) is 0 Å². The van der Waals surface area contributed by atoms with Crippen LogP contribution in [0.5, 0.6) is 0 Å². The van der Waals surface area contributed by atoms with Crippen LogP contribution in [0.4, 0.5) is 0 Å². The predicted molar refractivity (Wildman–Crippen MR) is 105 cm³/mol. The van der Waals surface area contributed by atoms with Crippen molar-refractivity contribution in [2.24, 2.45) is 18.0 Å². The van der Waals surface area contributed by atoms with Crippen LogP contribution in [0.1, 0.15) is 25.0 Å². The van der Waals surface area contributed by atoms with Crippen LogP contribution in [0.2, 0.25) is 0 Å². The van der Waals surface area contributed by atoms with Crippen molar-refractivity contribution in [3.05, 3.63) is 22.4 Å². The van der Waals surface area contributed by atoms with Crippen molar-refractivity contribution in [3.8, 4) is 0 Å². The van der Waals surface area contributed by atoms with Crippen molar-refractivity contribution in [3.63, 3.8) is 0 Å². The zero-order valence-electron chi connectivity index (χ0n) is 15.1. The molecule has 7 nitrogen and oxygen atoms in total. The van der Waals surface area contributed by atoms with E-state index in [0.29, 0.717) is 31.5 Å². The zero-order valence-corrected chi connectivity index (χ0v) is 17.5. The Balaban J connectivity index is 1.77. The maximum absolute atomic E-state index is 12.0. The minimum Gasteiger partial charge on any atom is -0.355 e. The molecule has 0 bridgehead atoms. The molecule has 0 unspecified atom stereocenters. The van der Waals surface area contributed by atoms with Crippen molar-refractivity contribution in [1.82, 2.24) is 19.5 Å². The molecule has 0 spiro atoms. The van der Waals surface area contributed by atoms with E-state index < -0.39 is 10.0 Å². The van der Waals surface area contributed by atoms with Crippen LogP contribution in [0.3, 0.4) is 0 Å². The van der Waals surface area contributed by atoms with Gasteiger partial charge in [-0.15, -0.1) is 0 Å². The number of rotatable bonds is 8. The van der Waals surface area contributed by atoms with E-state index in [2.05, 4.69) is 37.0 Å². The minimum atomic E-state index is -3.24. The van der Waals surface area contributed by atoms with E-state index in [1.807, 2.05) is 29.8 Å². The van der Waals surface area contributed by atoms with Gasteiger partial charge in [-0.25, -0.2) is 13.1 Å². The van der Waals surface area contributed by atoms with Crippen molar-refractivity contribution in [2.45, 2.75) is 25.8 Å². The van der Waals surface area contributed by atoms with Gasteiger partial charge < -0.3 is 14.8 Å². The first kappa shape index (κ1) is 20.3. The van der Waals surface area contributed by atoms with E-state index in [-0.39, 0.29) is 5.75 Å². The summed E-state index contributed by atoms with van der Waals surface area (Å²) in [4.78, 5) is 6.20. The van der Waals surface area contributed by atoms with Gasteiger partial charge in [0.1, 0.15) is 0 Å². The van der Waals surface area contributed by atoms with E-state index in [1.54, 1.807) is 7.05 Å². The molecular weight excluding hydrogens is 406 g/mol. The lowest BCUT2D eigenvalue weighted by molar-refractivity contribution is 0.316. The number of nitrogens with one attached hydrogen (secondary N) is 2. The Morgan fingerprint density at radius 1 is 1.48 bits per heavy atom. The van der Waals surface area contributed by atoms with Crippen LogP contribution in [-0.4, -0.2) is 56.8 Å². The molecule has 0 aliphatic heterocycles. The Morgan fingerprint density at radius 3 is 2.72 bits per heavy atom. The third-order valence-electron chi connectivity index (χ3n) is 4.52. The number of aryl methyl sites for hydroxylation is 1. The van der Waals surface area contributed by atoms with Crippen LogP contribution in [0.15, 0.2) is 21.7 Å². The fourth-order valence-corrected chi connectivity index (χ4v) is 4.31. The van der Waals surface area contributed by atoms with Gasteiger partial charge >= 0.3 is 0 Å². The quantitative estimate of drug-likeness (QED) is 0.481. The largest absolute Gasteiger partial charge is 0.355 e. The zero-order chi connectivity index (χ0) is 18.4. The summed E-state index contributed by atoms with van der Waals surface area (Å²) >= 11 is 3.47. The number of nitrogens with zero attached hydrogens (tertiary/aromatic N) is 3. The molecular formula is C16H28BrN5O2S. The first-order valence-corrected chi connectivity index (χ1v) is 10.9. The van der Waals surface area contributed by atoms with Crippen molar-refractivity contribution in [2.75, 3.05) is 32.9 Å². The second kappa shape index (κ2) is 9.05. The second-order valence-corrected chi connectivity index (χ2v) is 9.40. The Kier molecular flexibility index (Phi) is 7.33. The van der Waals surface area contributed by atoms with Crippen molar-refractivity contribution >= 4 is 31.9 Å². The molecule has 1 aromatic heterocycles. The molecule has 1 fully saturated rings. The van der Waals surface area contributed by atoms with Gasteiger partial charge in [0.05, 0.1) is 12.3 Å². The smallest absolute Gasteiger partial charge is 0.213 e. The van der Waals surface area contributed by atoms with Gasteiger partial charge in [0.15, 0.2) is 5.96 Å². The first-order chi connectivity index (χ1) is 11.8. The topological polar surface area (TPSA) is 78.7 Å². The molecule has 1 heterocycles. The predicted octanol–water partition coefficient (Wildman–Crippen LogP) is 1.51. The minimum absolute atomic E-state index is 0.0439. The highest BCUT2D eigenvalue weighted by Gasteiger charge is 2.20. The van der Waals surface area contributed by atoms with Gasteiger partial charge in [0.2, 0.25) is 10.0 Å². The molecule has 0 atom stereocenters. The average molecular weight is 434 g/mol. The molecule has 1 saturated carbocycles. The van der Waals surface area contributed by atoms with Crippen LogP contribution in [0.25, 0.3) is 0 Å². The van der Waals surface area contributed by atoms with Gasteiger partial charge in [-0.3, -0.25) is 4.99 Å². The monoisotopic (exact) mass is 433 g/mol. The number of halogens is 1. The number of guanidine groups is 1. The molecule has 1 aliphatic rings. The molecule has 142 valence electrons. The Morgan fingerprint density at radius 2 is 2.20 bits per heavy atom. The third kappa shape index (κ3) is 6.31. The van der Waals surface area contributed by atoms with Crippen molar-refractivity contribution in [1.29, 1.82) is 0 Å². The summed E-state index contributed by atoms with van der Waals surface area (Å²) in [5.41, 5.74) is 1.13. The van der Waals surface area contributed by atoms with Gasteiger partial charge in [0, 0.05) is 50.6 Å². The summed E-state index contributed by atoms with van der Waals surface area (Å²) in [7, 11) is 2.38. The summed E-state index contributed by atoms with van der Waals surface area (Å²) in [6, 6.07) is 2.05. The molecule has 1 aromatic rings. The highest BCUT2D eigenvalue weighted by molar-refractivity contribution is 9.10. The van der Waals surface area contributed by atoms with E-state index in [0.717, 1.165) is 23.0 Å². The number of aromatic nitrogens is 1. The molecule has 0 saturated heterocycles. The van der Waals surface area contributed by atoms with Gasteiger partial charge in [-0.1, -0.05) is 6.42 Å². The van der Waals surface area contributed by atoms with E-state index in [9.17, 15) is 8.42 Å². The molecule has 2 rings (SSSR count). The number of hydrogen-bond acceptors (Lipinski definition) is 3. The van der Waals surface area contributed by atoms with Crippen molar-refractivity contribution < 1.29 is 8.42 Å². The third-order valence-corrected chi connectivity index (χ3v) is 6.30. The van der Waals surface area contributed by atoms with Gasteiger partial charge in [-0.2, -0.15) is 0 Å². The Labute approximate surface area is 159 Å². The summed E-state index contributed by atoms with van der Waals surface area (Å²) < 4.78 is 29.9. The standard InChI is InChI=1S/C16H28BrN5O2S/c1-18-16(22(3)12-15-9-14(17)11-21(15)2)19-7-8-25(23,24)20-10-13-5-4-6-13/h9,11,13,20H,4-8,10,12H2,1-3H3,(H,18,19). The van der Waals surface area contributed by atoms with E-state index >= 15 is 0 Å². The van der Waals surface area contributed by atoms with Crippen LogP contribution in [-0.2, 0) is 23.6 Å². The number of hydrogen-bond donors (Lipinski definition) is 2. The number of sulfonamides is 1. The normalized spacial score (nSPS) is 15.9. The first-order valence-electron chi connectivity index (χ1n) is 8.50. The fraction of sp³-hybridized carbons (Fsp3) is 0.688. The van der Waals surface area contributed by atoms with E-state index in [1.165, 1.54) is 6.42 Å². The second-order valence-electron chi connectivity index (χ2n) is 6.55. The number of aliphatic imine (C=N–C) groups is 1. The maximum atomic E-state index is 12.0. The molecule has 0 aromatic carbocycles. The Bertz CT molecular complexity index is 697. The summed E-state index contributed by atoms with van der Waals surface area (Å²) in [6.07, 6.45) is 5.48. The van der Waals surface area contributed by atoms with E-state index in [4.69, 9.17) is 0 Å². The Hall–Kier alpha value is -1.06. The molecule has 9 heteroatoms. The fourth-order valence-electron chi connectivity index (χ4n) is 2.74. The highest BCUT2D eigenvalue weighted by atomic mass is 79.9. The SMILES string of the molecule is CN=C(NCCS(=O)(=O)NCC1CCC1)N(C)Cc1cc(Br)cn1C. The summed E-state index contributed by atoms with van der Waals surface area (Å²) in [5.74, 6) is 1.24. The molecule has 1 aliphatic carbocycles. The average Bonchev–Trinajstić information content (AvgIpc) is 2.79. The molecule has 0 radical (unpaired) electrons. The van der Waals surface area contributed by atoms with Crippen LogP contribution >= 0.6 is 15.9 Å². The van der Waals surface area contributed by atoms with Crippen LogP contribution in [0, 0.1) is 5.92 Å². The maximum Gasteiger partial charge on any atom is 0.213 e. The van der Waals surface area contributed by atoms with Crippen LogP contribution < -0.4 is 10.0 Å². The highest BCUT2D eigenvalue weighted by Crippen LogP contribution is 2.25. The molecule has 25 heavy (non-hydrogen) atoms. The summed E-state index contributed by atoms with van der Waals surface area (Å²) in [5, 5.41) is 3.12.